The molecule has 1 aliphatic heterocycles. The molecule has 0 aliphatic carbocycles. The van der Waals surface area contributed by atoms with E-state index in [-0.39, 0.29) is 23.9 Å². The Balaban J connectivity index is 2.78. The van der Waals surface area contributed by atoms with E-state index in [9.17, 15) is 9.59 Å². The van der Waals surface area contributed by atoms with Crippen molar-refractivity contribution in [1.29, 1.82) is 0 Å². The van der Waals surface area contributed by atoms with Crippen LogP contribution in [0.5, 0.6) is 0 Å². The molecule has 0 saturated carbocycles. The highest BCUT2D eigenvalue weighted by Gasteiger charge is 2.38. The Morgan fingerprint density at radius 1 is 1.33 bits per heavy atom. The summed E-state index contributed by atoms with van der Waals surface area (Å²) in [5, 5.41) is 3.18. The Labute approximate surface area is 114 Å². The highest BCUT2D eigenvalue weighted by molar-refractivity contribution is 7.99. The molecule has 3 unspecified atom stereocenters. The Morgan fingerprint density at radius 3 is 2.44 bits per heavy atom. The van der Waals surface area contributed by atoms with E-state index in [0.717, 1.165) is 0 Å². The molecule has 3 atom stereocenters. The fourth-order valence-corrected chi connectivity index (χ4v) is 2.43. The molecule has 1 saturated heterocycles. The van der Waals surface area contributed by atoms with Crippen molar-refractivity contribution in [1.82, 2.24) is 10.2 Å². The lowest BCUT2D eigenvalue weighted by molar-refractivity contribution is -0.149. The van der Waals surface area contributed by atoms with Gasteiger partial charge in [-0.15, -0.1) is 0 Å². The topological polar surface area (TPSA) is 49.4 Å². The molecule has 1 heterocycles. The average Bonchev–Trinajstić information content (AvgIpc) is 2.30. The van der Waals surface area contributed by atoms with Crippen molar-refractivity contribution >= 4 is 23.6 Å². The number of nitrogens with zero attached hydrogens (tertiary/aromatic N) is 1. The molecule has 0 aromatic heterocycles. The lowest BCUT2D eigenvalue weighted by atomic mass is 9.99. The number of nitrogens with one attached hydrogen (secondary N) is 1. The molecular formula is C13H24N2O2S. The number of hydrogen-bond donors (Lipinski definition) is 1. The van der Waals surface area contributed by atoms with Crippen molar-refractivity contribution in [3.63, 3.8) is 0 Å². The van der Waals surface area contributed by atoms with Crippen LogP contribution in [0.4, 0.5) is 0 Å². The van der Waals surface area contributed by atoms with Crippen LogP contribution >= 0.6 is 11.8 Å². The minimum Gasteiger partial charge on any atom is -0.343 e. The minimum absolute atomic E-state index is 0.0337. The third kappa shape index (κ3) is 3.64. The van der Waals surface area contributed by atoms with Crippen LogP contribution in [0.2, 0.25) is 0 Å². The van der Waals surface area contributed by atoms with Gasteiger partial charge in [-0.1, -0.05) is 20.8 Å². The van der Waals surface area contributed by atoms with Gasteiger partial charge in [0.15, 0.2) is 0 Å². The number of amides is 2. The molecule has 5 heteroatoms. The first-order valence-electron chi connectivity index (χ1n) is 6.50. The van der Waals surface area contributed by atoms with Gasteiger partial charge in [0.2, 0.25) is 11.8 Å². The Kier molecular flexibility index (Phi) is 5.50. The maximum Gasteiger partial charge on any atom is 0.245 e. The summed E-state index contributed by atoms with van der Waals surface area (Å²) in [5.41, 5.74) is 0. The third-order valence-corrected chi connectivity index (χ3v) is 4.26. The van der Waals surface area contributed by atoms with E-state index in [0.29, 0.717) is 24.1 Å². The monoisotopic (exact) mass is 272 g/mol. The molecule has 1 rings (SSSR count). The molecule has 1 aliphatic rings. The van der Waals surface area contributed by atoms with Crippen molar-refractivity contribution in [2.24, 2.45) is 5.92 Å². The van der Waals surface area contributed by atoms with Crippen LogP contribution in [-0.4, -0.2) is 46.8 Å². The van der Waals surface area contributed by atoms with Crippen molar-refractivity contribution in [2.75, 3.05) is 12.8 Å². The van der Waals surface area contributed by atoms with Crippen LogP contribution in [0.3, 0.4) is 0 Å². The Hall–Kier alpha value is -0.710. The predicted octanol–water partition coefficient (Wildman–Crippen LogP) is 1.50. The zero-order chi connectivity index (χ0) is 13.9. The minimum atomic E-state index is -0.351. The predicted molar refractivity (Wildman–Crippen MR) is 75.5 cm³/mol. The average molecular weight is 272 g/mol. The van der Waals surface area contributed by atoms with Crippen LogP contribution < -0.4 is 5.32 Å². The number of rotatable bonds is 5. The largest absolute Gasteiger partial charge is 0.343 e. The van der Waals surface area contributed by atoms with Crippen molar-refractivity contribution in [3.05, 3.63) is 0 Å². The van der Waals surface area contributed by atoms with Gasteiger partial charge in [-0.3, -0.25) is 9.59 Å². The van der Waals surface area contributed by atoms with E-state index in [1.165, 1.54) is 0 Å². The number of thioether (sulfide) groups is 1. The van der Waals surface area contributed by atoms with Gasteiger partial charge in [0.05, 0.1) is 0 Å². The van der Waals surface area contributed by atoms with Crippen molar-refractivity contribution in [3.8, 4) is 0 Å². The summed E-state index contributed by atoms with van der Waals surface area (Å²) in [5.74, 6) is 0.428. The second-order valence-electron chi connectivity index (χ2n) is 5.40. The van der Waals surface area contributed by atoms with E-state index < -0.39 is 0 Å². The van der Waals surface area contributed by atoms with E-state index >= 15 is 0 Å². The van der Waals surface area contributed by atoms with Gasteiger partial charge in [0.1, 0.15) is 12.1 Å². The van der Waals surface area contributed by atoms with Gasteiger partial charge in [-0.05, 0) is 25.5 Å². The summed E-state index contributed by atoms with van der Waals surface area (Å²) < 4.78 is 0. The molecule has 0 aromatic carbocycles. The van der Waals surface area contributed by atoms with E-state index in [1.807, 2.05) is 6.26 Å². The standard InChI is InChI=1S/C13H24N2O2S/c1-8(2)6-11-13(17)15(7-9(3)18-5)10(4)12(16)14-11/h8-11H,6-7H2,1-5H3,(H,14,16). The van der Waals surface area contributed by atoms with Crippen LogP contribution in [0, 0.1) is 5.92 Å². The lowest BCUT2D eigenvalue weighted by Gasteiger charge is -2.39. The van der Waals surface area contributed by atoms with Gasteiger partial charge in [-0.25, -0.2) is 0 Å². The summed E-state index contributed by atoms with van der Waals surface area (Å²) >= 11 is 1.71. The van der Waals surface area contributed by atoms with Crippen molar-refractivity contribution < 1.29 is 9.59 Å². The fourth-order valence-electron chi connectivity index (χ4n) is 2.12. The first-order chi connectivity index (χ1) is 8.36. The van der Waals surface area contributed by atoms with Gasteiger partial charge < -0.3 is 10.2 Å². The molecule has 0 bridgehead atoms. The highest BCUT2D eigenvalue weighted by atomic mass is 32.2. The number of carbonyl (C=O) groups excluding carboxylic acids is 2. The molecule has 2 amide bonds. The second kappa shape index (κ2) is 6.45. The van der Waals surface area contributed by atoms with Gasteiger partial charge in [-0.2, -0.15) is 11.8 Å². The lowest BCUT2D eigenvalue weighted by Crippen LogP contribution is -2.63. The van der Waals surface area contributed by atoms with Gasteiger partial charge >= 0.3 is 0 Å². The quantitative estimate of drug-likeness (QED) is 0.825. The molecule has 0 spiro atoms. The van der Waals surface area contributed by atoms with Crippen molar-refractivity contribution in [2.45, 2.75) is 51.4 Å². The first-order valence-corrected chi connectivity index (χ1v) is 7.79. The zero-order valence-corrected chi connectivity index (χ0v) is 12.7. The fraction of sp³-hybridized carbons (Fsp3) is 0.846. The highest BCUT2D eigenvalue weighted by Crippen LogP contribution is 2.18. The van der Waals surface area contributed by atoms with Gasteiger partial charge in [0, 0.05) is 11.8 Å². The number of hydrogen-bond acceptors (Lipinski definition) is 3. The second-order valence-corrected chi connectivity index (χ2v) is 6.68. The molecular weight excluding hydrogens is 248 g/mol. The van der Waals surface area contributed by atoms with Gasteiger partial charge in [0.25, 0.3) is 0 Å². The Bertz CT molecular complexity index is 320. The summed E-state index contributed by atoms with van der Waals surface area (Å²) in [7, 11) is 0. The zero-order valence-electron chi connectivity index (χ0n) is 11.9. The van der Waals surface area contributed by atoms with Crippen LogP contribution in [0.15, 0.2) is 0 Å². The number of piperazine rings is 1. The summed E-state index contributed by atoms with van der Waals surface area (Å²) in [6, 6.07) is -0.696. The maximum atomic E-state index is 12.4. The van der Waals surface area contributed by atoms with E-state index in [1.54, 1.807) is 23.6 Å². The first kappa shape index (κ1) is 15.3. The third-order valence-electron chi connectivity index (χ3n) is 3.31. The molecule has 1 N–H and O–H groups in total. The molecule has 1 fully saturated rings. The molecule has 0 aromatic rings. The molecule has 4 nitrogen and oxygen atoms in total. The normalized spacial score (nSPS) is 26.4. The Morgan fingerprint density at radius 2 is 1.94 bits per heavy atom. The smallest absolute Gasteiger partial charge is 0.245 e. The molecule has 18 heavy (non-hydrogen) atoms. The molecule has 0 radical (unpaired) electrons. The summed E-state index contributed by atoms with van der Waals surface area (Å²) in [6.45, 7) is 8.64. The van der Waals surface area contributed by atoms with E-state index in [2.05, 4.69) is 26.1 Å². The number of carbonyl (C=O) groups is 2. The maximum absolute atomic E-state index is 12.4. The van der Waals surface area contributed by atoms with Crippen LogP contribution in [0.1, 0.15) is 34.1 Å². The van der Waals surface area contributed by atoms with E-state index in [4.69, 9.17) is 0 Å². The summed E-state index contributed by atoms with van der Waals surface area (Å²) in [6.07, 6.45) is 2.73. The van der Waals surface area contributed by atoms with Crippen LogP contribution in [-0.2, 0) is 9.59 Å². The van der Waals surface area contributed by atoms with Crippen LogP contribution in [0.25, 0.3) is 0 Å². The molecule has 104 valence electrons. The SMILES string of the molecule is CSC(C)CN1C(=O)C(CC(C)C)NC(=O)C1C. The summed E-state index contributed by atoms with van der Waals surface area (Å²) in [4.78, 5) is 26.0.